The van der Waals surface area contributed by atoms with E-state index >= 15 is 0 Å². The maximum atomic E-state index is 12.6. The fraction of sp³-hybridized carbons (Fsp3) is 0.333. The maximum absolute atomic E-state index is 12.6. The van der Waals surface area contributed by atoms with Gasteiger partial charge in [-0.15, -0.1) is 11.8 Å². The second-order valence-electron chi connectivity index (χ2n) is 6.15. The lowest BCUT2D eigenvalue weighted by molar-refractivity contribution is -0.0388. The van der Waals surface area contributed by atoms with Crippen LogP contribution in [-0.2, 0) is 14.2 Å². The van der Waals surface area contributed by atoms with Crippen LogP contribution in [0.25, 0.3) is 0 Å². The molecule has 1 aliphatic heterocycles. The summed E-state index contributed by atoms with van der Waals surface area (Å²) in [5.74, 6) is -0.382. The molecule has 2 aromatic rings. The SMILES string of the molecule is CCS[C@H]1O[C@H](CO)[C@@H](OC(=O)c2ccccc2)[C@@H]1OC(=O)c1ccccc1. The first-order valence-electron chi connectivity index (χ1n) is 9.04. The quantitative estimate of drug-likeness (QED) is 0.713. The van der Waals surface area contributed by atoms with E-state index in [1.807, 2.05) is 6.92 Å². The number of carbonyl (C=O) groups is 2. The Morgan fingerprint density at radius 1 is 0.929 bits per heavy atom. The summed E-state index contributed by atoms with van der Waals surface area (Å²) < 4.78 is 17.1. The molecule has 0 radical (unpaired) electrons. The van der Waals surface area contributed by atoms with Gasteiger partial charge in [-0.1, -0.05) is 43.3 Å². The zero-order valence-electron chi connectivity index (χ0n) is 15.4. The summed E-state index contributed by atoms with van der Waals surface area (Å²) in [7, 11) is 0. The van der Waals surface area contributed by atoms with Gasteiger partial charge in [-0.05, 0) is 30.0 Å². The molecule has 0 spiro atoms. The van der Waals surface area contributed by atoms with Crippen molar-refractivity contribution in [3.05, 3.63) is 71.8 Å². The summed E-state index contributed by atoms with van der Waals surface area (Å²) >= 11 is 1.43. The van der Waals surface area contributed by atoms with Crippen molar-refractivity contribution in [2.24, 2.45) is 0 Å². The summed E-state index contributed by atoms with van der Waals surface area (Å²) in [6, 6.07) is 17.1. The lowest BCUT2D eigenvalue weighted by atomic mass is 10.1. The molecule has 1 saturated heterocycles. The Morgan fingerprint density at radius 3 is 1.89 bits per heavy atom. The highest BCUT2D eigenvalue weighted by atomic mass is 32.2. The van der Waals surface area contributed by atoms with Gasteiger partial charge in [0, 0.05) is 0 Å². The van der Waals surface area contributed by atoms with Crippen molar-refractivity contribution in [2.45, 2.75) is 30.7 Å². The number of aliphatic hydroxyl groups excluding tert-OH is 1. The minimum atomic E-state index is -0.908. The second-order valence-corrected chi connectivity index (χ2v) is 7.53. The molecule has 1 fully saturated rings. The smallest absolute Gasteiger partial charge is 0.338 e. The summed E-state index contributed by atoms with van der Waals surface area (Å²) in [5, 5.41) is 9.71. The molecule has 4 atom stereocenters. The van der Waals surface area contributed by atoms with Crippen LogP contribution >= 0.6 is 11.8 Å². The van der Waals surface area contributed by atoms with Crippen molar-refractivity contribution in [3.8, 4) is 0 Å². The molecule has 1 aliphatic rings. The van der Waals surface area contributed by atoms with Crippen molar-refractivity contribution < 1.29 is 28.9 Å². The Bertz CT molecular complexity index is 782. The average Bonchev–Trinajstić information content (AvgIpc) is 3.05. The van der Waals surface area contributed by atoms with Gasteiger partial charge in [-0.2, -0.15) is 0 Å². The number of hydrogen-bond acceptors (Lipinski definition) is 7. The molecule has 0 aliphatic carbocycles. The summed E-state index contributed by atoms with van der Waals surface area (Å²) in [4.78, 5) is 25.1. The summed E-state index contributed by atoms with van der Waals surface area (Å²) in [6.45, 7) is 1.59. The number of aliphatic hydroxyl groups is 1. The second kappa shape index (κ2) is 9.73. The maximum Gasteiger partial charge on any atom is 0.338 e. The molecule has 6 nitrogen and oxygen atoms in total. The van der Waals surface area contributed by atoms with E-state index in [4.69, 9.17) is 14.2 Å². The molecule has 0 saturated carbocycles. The molecular weight excluding hydrogens is 380 g/mol. The fourth-order valence-electron chi connectivity index (χ4n) is 2.94. The molecule has 3 rings (SSSR count). The van der Waals surface area contributed by atoms with Gasteiger partial charge in [-0.25, -0.2) is 9.59 Å². The minimum Gasteiger partial charge on any atom is -0.452 e. The van der Waals surface area contributed by atoms with Gasteiger partial charge in [-0.3, -0.25) is 0 Å². The molecular formula is C21H22O6S. The molecule has 7 heteroatoms. The van der Waals surface area contributed by atoms with Crippen LogP contribution in [0.5, 0.6) is 0 Å². The van der Waals surface area contributed by atoms with Gasteiger partial charge in [0.1, 0.15) is 11.5 Å². The van der Waals surface area contributed by atoms with Crippen molar-refractivity contribution >= 4 is 23.7 Å². The number of rotatable bonds is 7. The van der Waals surface area contributed by atoms with Crippen LogP contribution in [0.1, 0.15) is 27.6 Å². The number of hydrogen-bond donors (Lipinski definition) is 1. The molecule has 148 valence electrons. The largest absolute Gasteiger partial charge is 0.452 e. The topological polar surface area (TPSA) is 82.1 Å². The zero-order chi connectivity index (χ0) is 19.9. The monoisotopic (exact) mass is 402 g/mol. The van der Waals surface area contributed by atoms with Crippen LogP contribution in [0.3, 0.4) is 0 Å². The lowest BCUT2D eigenvalue weighted by Gasteiger charge is -2.24. The van der Waals surface area contributed by atoms with Gasteiger partial charge in [0.25, 0.3) is 0 Å². The van der Waals surface area contributed by atoms with E-state index in [-0.39, 0.29) is 6.61 Å². The van der Waals surface area contributed by atoms with Gasteiger partial charge < -0.3 is 19.3 Å². The van der Waals surface area contributed by atoms with Crippen LogP contribution < -0.4 is 0 Å². The van der Waals surface area contributed by atoms with Crippen LogP contribution in [0.2, 0.25) is 0 Å². The molecule has 1 heterocycles. The fourth-order valence-corrected chi connectivity index (χ4v) is 3.89. The minimum absolute atomic E-state index is 0.354. The predicted molar refractivity (Wildman–Crippen MR) is 105 cm³/mol. The molecule has 28 heavy (non-hydrogen) atoms. The normalized spacial score (nSPS) is 23.9. The van der Waals surface area contributed by atoms with Crippen molar-refractivity contribution in [2.75, 3.05) is 12.4 Å². The Balaban J connectivity index is 1.80. The Morgan fingerprint density at radius 2 is 1.43 bits per heavy atom. The Hall–Kier alpha value is -2.35. The first-order valence-corrected chi connectivity index (χ1v) is 10.1. The standard InChI is InChI=1S/C21H22O6S/c1-2-28-21-18(27-20(24)15-11-7-4-8-12-15)17(16(13-22)25-21)26-19(23)14-9-5-3-6-10-14/h3-12,16-18,21-22H,2,13H2,1H3/t16-,17-,18+,21-/m1/s1. The number of ether oxygens (including phenoxy) is 3. The zero-order valence-corrected chi connectivity index (χ0v) is 16.2. The molecule has 0 amide bonds. The third-order valence-corrected chi connectivity index (χ3v) is 5.32. The van der Waals surface area contributed by atoms with E-state index in [0.29, 0.717) is 16.9 Å². The van der Waals surface area contributed by atoms with E-state index in [9.17, 15) is 14.7 Å². The summed E-state index contributed by atoms with van der Waals surface area (Å²) in [5.41, 5.74) is 0.227. The van der Waals surface area contributed by atoms with Crippen molar-refractivity contribution in [1.82, 2.24) is 0 Å². The number of benzene rings is 2. The van der Waals surface area contributed by atoms with Gasteiger partial charge in [0.05, 0.1) is 17.7 Å². The number of carbonyl (C=O) groups excluding carboxylic acids is 2. The predicted octanol–water partition coefficient (Wildman–Crippen LogP) is 2.91. The molecule has 0 aromatic heterocycles. The van der Waals surface area contributed by atoms with Crippen LogP contribution in [0.15, 0.2) is 60.7 Å². The highest BCUT2D eigenvalue weighted by Crippen LogP contribution is 2.34. The third kappa shape index (κ3) is 4.73. The molecule has 0 bridgehead atoms. The van der Waals surface area contributed by atoms with Crippen LogP contribution in [-0.4, -0.2) is 53.2 Å². The Labute approximate surface area is 167 Å². The highest BCUT2D eigenvalue weighted by molar-refractivity contribution is 7.99. The molecule has 0 unspecified atom stereocenters. The third-order valence-electron chi connectivity index (χ3n) is 4.28. The van der Waals surface area contributed by atoms with Crippen molar-refractivity contribution in [1.29, 1.82) is 0 Å². The first kappa shape index (κ1) is 20.4. The van der Waals surface area contributed by atoms with Crippen molar-refractivity contribution in [3.63, 3.8) is 0 Å². The van der Waals surface area contributed by atoms with Crippen LogP contribution in [0.4, 0.5) is 0 Å². The van der Waals surface area contributed by atoms with E-state index in [2.05, 4.69) is 0 Å². The number of esters is 2. The lowest BCUT2D eigenvalue weighted by Crippen LogP contribution is -2.41. The van der Waals surface area contributed by atoms with E-state index in [1.165, 1.54) is 11.8 Å². The Kier molecular flexibility index (Phi) is 7.08. The van der Waals surface area contributed by atoms with Crippen LogP contribution in [0, 0.1) is 0 Å². The highest BCUT2D eigenvalue weighted by Gasteiger charge is 2.49. The van der Waals surface area contributed by atoms with Gasteiger partial charge in [0.15, 0.2) is 12.2 Å². The van der Waals surface area contributed by atoms with E-state index in [1.54, 1.807) is 60.7 Å². The van der Waals surface area contributed by atoms with Gasteiger partial charge >= 0.3 is 11.9 Å². The average molecular weight is 402 g/mol. The summed E-state index contributed by atoms with van der Waals surface area (Å²) in [6.07, 6.45) is -2.51. The molecule has 1 N–H and O–H groups in total. The molecule has 2 aromatic carbocycles. The van der Waals surface area contributed by atoms with E-state index < -0.39 is 35.7 Å². The number of thioether (sulfide) groups is 1. The van der Waals surface area contributed by atoms with E-state index in [0.717, 1.165) is 0 Å². The van der Waals surface area contributed by atoms with Gasteiger partial charge in [0.2, 0.25) is 0 Å². The first-order chi connectivity index (χ1) is 13.6.